The first-order valence-electron chi connectivity index (χ1n) is 7.77. The van der Waals surface area contributed by atoms with Gasteiger partial charge in [0.25, 0.3) is 0 Å². The fourth-order valence-corrected chi connectivity index (χ4v) is 3.21. The van der Waals surface area contributed by atoms with Gasteiger partial charge in [-0.1, -0.05) is 43.3 Å². The molecule has 20 heavy (non-hydrogen) atoms. The van der Waals surface area contributed by atoms with Crippen LogP contribution in [0.15, 0.2) is 48.5 Å². The maximum absolute atomic E-state index is 3.63. The number of rotatable bonds is 4. The SMILES string of the molecule is CCc1cccc(NCC2CCCc3ccccc32)c1. The normalized spacial score (nSPS) is 17.6. The average molecular weight is 265 g/mol. The summed E-state index contributed by atoms with van der Waals surface area (Å²) in [5, 5.41) is 3.63. The fraction of sp³-hybridized carbons (Fsp3) is 0.368. The van der Waals surface area contributed by atoms with Crippen molar-refractivity contribution in [2.75, 3.05) is 11.9 Å². The molecule has 1 unspecified atom stereocenters. The van der Waals surface area contributed by atoms with Crippen molar-refractivity contribution in [1.29, 1.82) is 0 Å². The van der Waals surface area contributed by atoms with Crippen LogP contribution < -0.4 is 5.32 Å². The zero-order valence-electron chi connectivity index (χ0n) is 12.2. The largest absolute Gasteiger partial charge is 0.384 e. The highest BCUT2D eigenvalue weighted by Crippen LogP contribution is 2.31. The molecule has 1 aliphatic rings. The third kappa shape index (κ3) is 2.87. The maximum atomic E-state index is 3.63. The predicted molar refractivity (Wildman–Crippen MR) is 86.4 cm³/mol. The molecule has 0 aromatic heterocycles. The summed E-state index contributed by atoms with van der Waals surface area (Å²) >= 11 is 0. The second-order valence-electron chi connectivity index (χ2n) is 5.72. The van der Waals surface area contributed by atoms with Crippen LogP contribution in [0.2, 0.25) is 0 Å². The topological polar surface area (TPSA) is 12.0 Å². The first-order valence-corrected chi connectivity index (χ1v) is 7.77. The molecule has 1 aliphatic carbocycles. The Morgan fingerprint density at radius 2 is 2.00 bits per heavy atom. The van der Waals surface area contributed by atoms with E-state index in [2.05, 4.69) is 60.8 Å². The Morgan fingerprint density at radius 3 is 2.90 bits per heavy atom. The van der Waals surface area contributed by atoms with Crippen molar-refractivity contribution in [1.82, 2.24) is 0 Å². The molecule has 3 rings (SSSR count). The highest BCUT2D eigenvalue weighted by Gasteiger charge is 2.19. The second kappa shape index (κ2) is 6.13. The summed E-state index contributed by atoms with van der Waals surface area (Å²) in [7, 11) is 0. The van der Waals surface area contributed by atoms with Gasteiger partial charge in [-0.3, -0.25) is 0 Å². The molecule has 0 spiro atoms. The highest BCUT2D eigenvalue weighted by atomic mass is 14.9. The minimum absolute atomic E-state index is 0.658. The second-order valence-corrected chi connectivity index (χ2v) is 5.72. The van der Waals surface area contributed by atoms with Crippen LogP contribution in [0.25, 0.3) is 0 Å². The van der Waals surface area contributed by atoms with E-state index in [4.69, 9.17) is 0 Å². The van der Waals surface area contributed by atoms with Crippen molar-refractivity contribution in [3.05, 3.63) is 65.2 Å². The van der Waals surface area contributed by atoms with Gasteiger partial charge in [0.1, 0.15) is 0 Å². The van der Waals surface area contributed by atoms with Gasteiger partial charge >= 0.3 is 0 Å². The molecule has 0 bridgehead atoms. The zero-order chi connectivity index (χ0) is 13.8. The van der Waals surface area contributed by atoms with Gasteiger partial charge in [0.15, 0.2) is 0 Å². The van der Waals surface area contributed by atoms with Gasteiger partial charge in [0.05, 0.1) is 0 Å². The zero-order valence-corrected chi connectivity index (χ0v) is 12.2. The summed E-state index contributed by atoms with van der Waals surface area (Å²) in [6.07, 6.45) is 4.97. The molecule has 0 aliphatic heterocycles. The van der Waals surface area contributed by atoms with Gasteiger partial charge in [-0.05, 0) is 54.5 Å². The molecule has 0 amide bonds. The van der Waals surface area contributed by atoms with Gasteiger partial charge in [0.2, 0.25) is 0 Å². The maximum Gasteiger partial charge on any atom is 0.0343 e. The molecule has 0 heterocycles. The van der Waals surface area contributed by atoms with E-state index in [0.717, 1.165) is 13.0 Å². The van der Waals surface area contributed by atoms with Gasteiger partial charge < -0.3 is 5.32 Å². The van der Waals surface area contributed by atoms with E-state index in [9.17, 15) is 0 Å². The van der Waals surface area contributed by atoms with E-state index in [-0.39, 0.29) is 0 Å². The quantitative estimate of drug-likeness (QED) is 0.838. The number of hydrogen-bond donors (Lipinski definition) is 1. The van der Waals surface area contributed by atoms with Crippen LogP contribution in [0.1, 0.15) is 42.4 Å². The third-order valence-electron chi connectivity index (χ3n) is 4.38. The van der Waals surface area contributed by atoms with Crippen LogP contribution in [0, 0.1) is 0 Å². The van der Waals surface area contributed by atoms with Crippen molar-refractivity contribution in [3.63, 3.8) is 0 Å². The Balaban J connectivity index is 1.70. The van der Waals surface area contributed by atoms with E-state index in [1.807, 2.05) is 0 Å². The summed E-state index contributed by atoms with van der Waals surface area (Å²) in [6, 6.07) is 17.7. The monoisotopic (exact) mass is 265 g/mol. The molecule has 1 nitrogen and oxygen atoms in total. The summed E-state index contributed by atoms with van der Waals surface area (Å²) < 4.78 is 0. The first kappa shape index (κ1) is 13.2. The van der Waals surface area contributed by atoms with Crippen LogP contribution in [-0.4, -0.2) is 6.54 Å². The number of nitrogens with one attached hydrogen (secondary N) is 1. The molecular formula is C19H23N. The molecule has 104 valence electrons. The van der Waals surface area contributed by atoms with Crippen molar-refractivity contribution >= 4 is 5.69 Å². The third-order valence-corrected chi connectivity index (χ3v) is 4.38. The van der Waals surface area contributed by atoms with Crippen LogP contribution >= 0.6 is 0 Å². The van der Waals surface area contributed by atoms with Gasteiger partial charge in [-0.25, -0.2) is 0 Å². The van der Waals surface area contributed by atoms with Crippen molar-refractivity contribution in [3.8, 4) is 0 Å². The Bertz CT molecular complexity index is 573. The average Bonchev–Trinajstić information content (AvgIpc) is 2.53. The molecule has 1 N–H and O–H groups in total. The standard InChI is InChI=1S/C19H23N/c1-2-15-7-5-11-18(13-15)20-14-17-10-6-9-16-8-3-4-12-19(16)17/h3-5,7-8,11-13,17,20H,2,6,9-10,14H2,1H3. The number of benzene rings is 2. The molecule has 1 atom stereocenters. The molecule has 0 fully saturated rings. The number of hydrogen-bond acceptors (Lipinski definition) is 1. The van der Waals surface area contributed by atoms with Crippen LogP contribution in [0.4, 0.5) is 5.69 Å². The molecular weight excluding hydrogens is 242 g/mol. The van der Waals surface area contributed by atoms with Crippen molar-refractivity contribution < 1.29 is 0 Å². The van der Waals surface area contributed by atoms with Crippen LogP contribution in [-0.2, 0) is 12.8 Å². The Labute approximate surface area is 122 Å². The van der Waals surface area contributed by atoms with E-state index in [0.29, 0.717) is 5.92 Å². The molecule has 2 aromatic carbocycles. The van der Waals surface area contributed by atoms with E-state index >= 15 is 0 Å². The molecule has 2 aromatic rings. The van der Waals surface area contributed by atoms with Gasteiger partial charge in [0, 0.05) is 18.2 Å². The lowest BCUT2D eigenvalue weighted by Gasteiger charge is -2.26. The van der Waals surface area contributed by atoms with E-state index in [1.54, 1.807) is 11.1 Å². The number of fused-ring (bicyclic) bond motifs is 1. The smallest absolute Gasteiger partial charge is 0.0343 e. The van der Waals surface area contributed by atoms with Gasteiger partial charge in [-0.2, -0.15) is 0 Å². The number of anilines is 1. The van der Waals surface area contributed by atoms with E-state index < -0.39 is 0 Å². The lowest BCUT2D eigenvalue weighted by atomic mass is 9.83. The fourth-order valence-electron chi connectivity index (χ4n) is 3.21. The van der Waals surface area contributed by atoms with Crippen LogP contribution in [0.5, 0.6) is 0 Å². The molecule has 0 saturated carbocycles. The minimum Gasteiger partial charge on any atom is -0.384 e. The Hall–Kier alpha value is -1.76. The van der Waals surface area contributed by atoms with Crippen molar-refractivity contribution in [2.24, 2.45) is 0 Å². The lowest BCUT2D eigenvalue weighted by molar-refractivity contribution is 0.572. The molecule has 1 heteroatoms. The number of aryl methyl sites for hydroxylation is 2. The Kier molecular flexibility index (Phi) is 4.05. The summed E-state index contributed by atoms with van der Waals surface area (Å²) in [5.41, 5.74) is 5.76. The first-order chi connectivity index (χ1) is 9.86. The Morgan fingerprint density at radius 1 is 1.10 bits per heavy atom. The minimum atomic E-state index is 0.658. The van der Waals surface area contributed by atoms with Crippen molar-refractivity contribution in [2.45, 2.75) is 38.5 Å². The summed E-state index contributed by atoms with van der Waals surface area (Å²) in [6.45, 7) is 3.25. The molecule has 0 saturated heterocycles. The summed E-state index contributed by atoms with van der Waals surface area (Å²) in [5.74, 6) is 0.658. The van der Waals surface area contributed by atoms with E-state index in [1.165, 1.54) is 30.5 Å². The molecule has 0 radical (unpaired) electrons. The highest BCUT2D eigenvalue weighted by molar-refractivity contribution is 5.46. The summed E-state index contributed by atoms with van der Waals surface area (Å²) in [4.78, 5) is 0. The van der Waals surface area contributed by atoms with Crippen LogP contribution in [0.3, 0.4) is 0 Å². The lowest BCUT2D eigenvalue weighted by Crippen LogP contribution is -2.18. The van der Waals surface area contributed by atoms with Gasteiger partial charge in [-0.15, -0.1) is 0 Å². The predicted octanol–water partition coefficient (Wildman–Crippen LogP) is 4.78.